The lowest BCUT2D eigenvalue weighted by Gasteiger charge is -2.04. The van der Waals surface area contributed by atoms with E-state index in [1.165, 1.54) is 13.2 Å². The number of aromatic hydroxyl groups is 1. The van der Waals surface area contributed by atoms with Crippen LogP contribution in [0.3, 0.4) is 0 Å². The maximum atomic E-state index is 12.3. The van der Waals surface area contributed by atoms with Crippen LogP contribution >= 0.6 is 0 Å². The number of nitrogens with zero attached hydrogens (tertiary/aromatic N) is 1. The molecule has 0 spiro atoms. The lowest BCUT2D eigenvalue weighted by molar-refractivity contribution is -0.110. The minimum atomic E-state index is -0.249. The van der Waals surface area contributed by atoms with Crippen molar-refractivity contribution in [2.75, 3.05) is 12.4 Å². The molecular formula is C19H14N2O4. The predicted octanol–water partition coefficient (Wildman–Crippen LogP) is 3.55. The monoisotopic (exact) mass is 334 g/mol. The third-order valence-corrected chi connectivity index (χ3v) is 3.92. The van der Waals surface area contributed by atoms with Crippen LogP contribution in [0, 0.1) is 0 Å². The summed E-state index contributed by atoms with van der Waals surface area (Å²) in [5.41, 5.74) is 2.57. The molecule has 0 atom stereocenters. The van der Waals surface area contributed by atoms with E-state index in [4.69, 9.17) is 9.15 Å². The zero-order valence-corrected chi connectivity index (χ0v) is 13.3. The van der Waals surface area contributed by atoms with Crippen LogP contribution in [-0.4, -0.2) is 23.1 Å². The van der Waals surface area contributed by atoms with Gasteiger partial charge in [0.25, 0.3) is 5.91 Å². The molecule has 0 fully saturated rings. The van der Waals surface area contributed by atoms with Crippen LogP contribution in [0.1, 0.15) is 11.1 Å². The molecule has 0 radical (unpaired) electrons. The summed E-state index contributed by atoms with van der Waals surface area (Å²) in [5.74, 6) is 1.49. The van der Waals surface area contributed by atoms with Crippen molar-refractivity contribution >= 4 is 23.4 Å². The molecule has 0 unspecified atom stereocenters. The second-order valence-corrected chi connectivity index (χ2v) is 5.57. The number of carbonyl (C=O) groups is 1. The Morgan fingerprint density at radius 1 is 1.28 bits per heavy atom. The Hall–Kier alpha value is -3.54. The largest absolute Gasteiger partial charge is 0.508 e. The number of carbonyl (C=O) groups excluding carboxylic acids is 1. The van der Waals surface area contributed by atoms with Crippen LogP contribution < -0.4 is 10.1 Å². The molecule has 1 aliphatic rings. The lowest BCUT2D eigenvalue weighted by atomic mass is 10.0. The number of fused-ring (bicyclic) bond motifs is 1. The van der Waals surface area contributed by atoms with Gasteiger partial charge in [-0.15, -0.1) is 0 Å². The SMILES string of the molecule is COc1cc(O)cc(/C=C2\C(=O)Nc3ncc(-c4ccco4)cc32)c1. The first-order valence-corrected chi connectivity index (χ1v) is 7.59. The maximum Gasteiger partial charge on any atom is 0.257 e. The first kappa shape index (κ1) is 15.0. The van der Waals surface area contributed by atoms with Crippen LogP contribution in [-0.2, 0) is 4.79 Å². The summed E-state index contributed by atoms with van der Waals surface area (Å²) in [6, 6.07) is 10.3. The molecule has 1 aromatic carbocycles. The molecule has 3 heterocycles. The Bertz CT molecular complexity index is 991. The minimum Gasteiger partial charge on any atom is -0.508 e. The highest BCUT2D eigenvalue weighted by molar-refractivity contribution is 6.34. The summed E-state index contributed by atoms with van der Waals surface area (Å²) in [6.07, 6.45) is 4.93. The Morgan fingerprint density at radius 3 is 2.92 bits per heavy atom. The van der Waals surface area contributed by atoms with Gasteiger partial charge in [-0.05, 0) is 42.0 Å². The van der Waals surface area contributed by atoms with Gasteiger partial charge in [0, 0.05) is 23.4 Å². The van der Waals surface area contributed by atoms with Gasteiger partial charge in [0.2, 0.25) is 0 Å². The van der Waals surface area contributed by atoms with Crippen molar-refractivity contribution < 1.29 is 19.1 Å². The number of methoxy groups -OCH3 is 1. The number of anilines is 1. The van der Waals surface area contributed by atoms with Gasteiger partial charge in [0.05, 0.1) is 18.9 Å². The molecule has 2 N–H and O–H groups in total. The minimum absolute atomic E-state index is 0.0623. The molecule has 0 saturated carbocycles. The maximum absolute atomic E-state index is 12.3. The first-order chi connectivity index (χ1) is 12.1. The highest BCUT2D eigenvalue weighted by atomic mass is 16.5. The molecule has 0 aliphatic carbocycles. The summed E-state index contributed by atoms with van der Waals surface area (Å²) in [5, 5.41) is 12.5. The van der Waals surface area contributed by atoms with Gasteiger partial charge in [-0.2, -0.15) is 0 Å². The highest BCUT2D eigenvalue weighted by Gasteiger charge is 2.26. The first-order valence-electron chi connectivity index (χ1n) is 7.59. The van der Waals surface area contributed by atoms with Crippen molar-refractivity contribution in [1.82, 2.24) is 4.98 Å². The zero-order valence-electron chi connectivity index (χ0n) is 13.3. The summed E-state index contributed by atoms with van der Waals surface area (Å²) >= 11 is 0. The van der Waals surface area contributed by atoms with E-state index in [0.29, 0.717) is 34.0 Å². The lowest BCUT2D eigenvalue weighted by Crippen LogP contribution is -2.04. The molecule has 0 saturated heterocycles. The molecule has 0 bridgehead atoms. The molecular weight excluding hydrogens is 320 g/mol. The Labute approximate surface area is 143 Å². The van der Waals surface area contributed by atoms with E-state index in [1.807, 2.05) is 12.1 Å². The Balaban J connectivity index is 1.81. The molecule has 6 nitrogen and oxygen atoms in total. The average Bonchev–Trinajstić information content (AvgIpc) is 3.23. The topological polar surface area (TPSA) is 84.6 Å². The van der Waals surface area contributed by atoms with Gasteiger partial charge in [-0.3, -0.25) is 4.79 Å². The summed E-state index contributed by atoms with van der Waals surface area (Å²) < 4.78 is 10.5. The number of benzene rings is 1. The summed E-state index contributed by atoms with van der Waals surface area (Å²) in [6.45, 7) is 0. The normalized spacial score (nSPS) is 14.4. The van der Waals surface area contributed by atoms with Crippen molar-refractivity contribution in [2.45, 2.75) is 0 Å². The number of nitrogens with one attached hydrogen (secondary N) is 1. The quantitative estimate of drug-likeness (QED) is 0.716. The van der Waals surface area contributed by atoms with Crippen molar-refractivity contribution in [2.24, 2.45) is 0 Å². The van der Waals surface area contributed by atoms with Crippen molar-refractivity contribution in [3.05, 3.63) is 60.0 Å². The highest BCUT2D eigenvalue weighted by Crippen LogP contribution is 2.35. The van der Waals surface area contributed by atoms with E-state index < -0.39 is 0 Å². The number of pyridine rings is 1. The van der Waals surface area contributed by atoms with Crippen LogP contribution in [0.4, 0.5) is 5.82 Å². The van der Waals surface area contributed by atoms with Crippen molar-refractivity contribution in [3.8, 4) is 22.8 Å². The third kappa shape index (κ3) is 2.74. The average molecular weight is 334 g/mol. The van der Waals surface area contributed by atoms with Gasteiger partial charge in [0.1, 0.15) is 23.1 Å². The van der Waals surface area contributed by atoms with E-state index in [9.17, 15) is 9.90 Å². The fraction of sp³-hybridized carbons (Fsp3) is 0.0526. The van der Waals surface area contributed by atoms with Gasteiger partial charge < -0.3 is 19.6 Å². The third-order valence-electron chi connectivity index (χ3n) is 3.92. The Kier molecular flexibility index (Phi) is 3.50. The van der Waals surface area contributed by atoms with Gasteiger partial charge in [-0.1, -0.05) is 0 Å². The van der Waals surface area contributed by atoms with Crippen LogP contribution in [0.5, 0.6) is 11.5 Å². The summed E-state index contributed by atoms with van der Waals surface area (Å²) in [7, 11) is 1.52. The molecule has 124 valence electrons. The smallest absolute Gasteiger partial charge is 0.257 e. The number of ether oxygens (including phenoxy) is 1. The van der Waals surface area contributed by atoms with Crippen molar-refractivity contribution in [3.63, 3.8) is 0 Å². The van der Waals surface area contributed by atoms with Gasteiger partial charge >= 0.3 is 0 Å². The second-order valence-electron chi connectivity index (χ2n) is 5.57. The standard InChI is InChI=1S/C19H14N2O4/c1-24-14-6-11(5-13(22)9-14)7-16-15-8-12(17-3-2-4-25-17)10-20-18(15)21-19(16)23/h2-10,22H,1H3,(H,20,21,23)/b16-7-. The Morgan fingerprint density at radius 2 is 2.16 bits per heavy atom. The molecule has 4 rings (SSSR count). The fourth-order valence-electron chi connectivity index (χ4n) is 2.76. The number of phenols is 1. The van der Waals surface area contributed by atoms with Crippen LogP contribution in [0.2, 0.25) is 0 Å². The van der Waals surface area contributed by atoms with Gasteiger partial charge in [-0.25, -0.2) is 4.98 Å². The molecule has 6 heteroatoms. The molecule has 3 aromatic rings. The number of aromatic nitrogens is 1. The molecule has 25 heavy (non-hydrogen) atoms. The summed E-state index contributed by atoms with van der Waals surface area (Å²) in [4.78, 5) is 16.6. The number of furan rings is 1. The molecule has 2 aromatic heterocycles. The van der Waals surface area contributed by atoms with E-state index in [0.717, 1.165) is 5.56 Å². The second kappa shape index (κ2) is 5.83. The van der Waals surface area contributed by atoms with Crippen LogP contribution in [0.15, 0.2) is 53.3 Å². The van der Waals surface area contributed by atoms with Crippen LogP contribution in [0.25, 0.3) is 23.0 Å². The van der Waals surface area contributed by atoms with E-state index >= 15 is 0 Å². The molecule has 1 amide bonds. The van der Waals surface area contributed by atoms with E-state index in [-0.39, 0.29) is 11.7 Å². The molecule has 1 aliphatic heterocycles. The zero-order chi connectivity index (χ0) is 17.4. The number of rotatable bonds is 3. The van der Waals surface area contributed by atoms with E-state index in [1.54, 1.807) is 36.7 Å². The fourth-order valence-corrected chi connectivity index (χ4v) is 2.76. The number of amides is 1. The van der Waals surface area contributed by atoms with Gasteiger partial charge in [0.15, 0.2) is 0 Å². The number of hydrogen-bond donors (Lipinski definition) is 2. The van der Waals surface area contributed by atoms with E-state index in [2.05, 4.69) is 10.3 Å². The number of hydrogen-bond acceptors (Lipinski definition) is 5. The predicted molar refractivity (Wildman–Crippen MR) is 93.1 cm³/mol. The van der Waals surface area contributed by atoms with Crippen molar-refractivity contribution in [1.29, 1.82) is 0 Å². The number of phenolic OH excluding ortho intramolecular Hbond substituents is 1.